The molecule has 0 radical (unpaired) electrons. The molecular formula is C17H13Cl2N3O4S. The Morgan fingerprint density at radius 2 is 1.59 bits per heavy atom. The van der Waals surface area contributed by atoms with Crippen LogP contribution in [0.4, 0.5) is 5.69 Å². The van der Waals surface area contributed by atoms with Gasteiger partial charge in [0.15, 0.2) is 15.7 Å². The van der Waals surface area contributed by atoms with Gasteiger partial charge in [0.2, 0.25) is 5.91 Å². The summed E-state index contributed by atoms with van der Waals surface area (Å²) in [7, 11) is -3.78. The monoisotopic (exact) mass is 425 g/mol. The van der Waals surface area contributed by atoms with E-state index in [2.05, 4.69) is 15.5 Å². The minimum atomic E-state index is -3.78. The molecule has 1 N–H and O–H groups in total. The van der Waals surface area contributed by atoms with Gasteiger partial charge < -0.3 is 9.84 Å². The van der Waals surface area contributed by atoms with Crippen LogP contribution in [0.25, 0.3) is 11.5 Å². The molecule has 0 aliphatic carbocycles. The minimum Gasteiger partial charge on any atom is -0.334 e. The summed E-state index contributed by atoms with van der Waals surface area (Å²) in [5, 5.41) is 7.21. The Hall–Kier alpha value is -2.42. The highest BCUT2D eigenvalue weighted by Gasteiger charge is 2.21. The normalized spacial score (nSPS) is 11.3. The highest BCUT2D eigenvalue weighted by Crippen LogP contribution is 2.20. The van der Waals surface area contributed by atoms with Crippen LogP contribution in [0.15, 0.2) is 53.1 Å². The number of nitrogens with one attached hydrogen (secondary N) is 1. The molecule has 0 spiro atoms. The molecule has 10 heteroatoms. The molecule has 0 saturated heterocycles. The first-order valence-electron chi connectivity index (χ1n) is 7.65. The van der Waals surface area contributed by atoms with E-state index < -0.39 is 27.3 Å². The van der Waals surface area contributed by atoms with Gasteiger partial charge in [-0.05, 0) is 48.5 Å². The van der Waals surface area contributed by atoms with E-state index in [1.165, 1.54) is 0 Å². The number of aromatic nitrogens is 2. The van der Waals surface area contributed by atoms with Crippen LogP contribution in [0.2, 0.25) is 10.0 Å². The fourth-order valence-electron chi connectivity index (χ4n) is 2.20. The molecule has 3 aromatic rings. The molecule has 140 valence electrons. The van der Waals surface area contributed by atoms with Gasteiger partial charge >= 0.3 is 0 Å². The lowest BCUT2D eigenvalue weighted by Crippen LogP contribution is -2.24. The van der Waals surface area contributed by atoms with Gasteiger partial charge in [-0.2, -0.15) is 4.98 Å². The van der Waals surface area contributed by atoms with E-state index in [0.29, 0.717) is 21.3 Å². The standard InChI is InChI=1S/C17H13Cl2N3O4S/c18-12-3-1-11(2-4-12)17-21-15(22-26-17)9-27(24,25)10-16(23)20-14-7-5-13(19)6-8-14/h1-8H,9-10H2,(H,20,23). The summed E-state index contributed by atoms with van der Waals surface area (Å²) >= 11 is 11.6. The van der Waals surface area contributed by atoms with Gasteiger partial charge in [-0.3, -0.25) is 4.79 Å². The van der Waals surface area contributed by atoms with Crippen LogP contribution in [0.5, 0.6) is 0 Å². The molecule has 1 heterocycles. The number of amides is 1. The number of benzene rings is 2. The lowest BCUT2D eigenvalue weighted by atomic mass is 10.2. The van der Waals surface area contributed by atoms with Gasteiger partial charge in [0.1, 0.15) is 11.5 Å². The predicted octanol–water partition coefficient (Wildman–Crippen LogP) is 3.60. The molecule has 3 rings (SSSR count). The van der Waals surface area contributed by atoms with Crippen molar-refractivity contribution in [2.24, 2.45) is 0 Å². The Labute approximate surface area is 165 Å². The molecule has 0 bridgehead atoms. The van der Waals surface area contributed by atoms with Crippen molar-refractivity contribution in [3.63, 3.8) is 0 Å². The van der Waals surface area contributed by atoms with Crippen molar-refractivity contribution in [2.75, 3.05) is 11.1 Å². The van der Waals surface area contributed by atoms with Crippen molar-refractivity contribution in [3.05, 3.63) is 64.4 Å². The largest absolute Gasteiger partial charge is 0.334 e. The molecule has 2 aromatic carbocycles. The Bertz CT molecular complexity index is 1050. The number of hydrogen-bond donors (Lipinski definition) is 1. The molecule has 0 saturated carbocycles. The Balaban J connectivity index is 1.63. The number of sulfone groups is 1. The van der Waals surface area contributed by atoms with Crippen LogP contribution in [0.1, 0.15) is 5.82 Å². The third kappa shape index (κ3) is 5.53. The molecule has 27 heavy (non-hydrogen) atoms. The van der Waals surface area contributed by atoms with Gasteiger partial charge in [-0.1, -0.05) is 28.4 Å². The van der Waals surface area contributed by atoms with E-state index in [1.54, 1.807) is 48.5 Å². The average Bonchev–Trinajstić information content (AvgIpc) is 3.04. The number of carbonyl (C=O) groups is 1. The molecule has 1 aromatic heterocycles. The van der Waals surface area contributed by atoms with E-state index in [1.807, 2.05) is 0 Å². The van der Waals surface area contributed by atoms with Gasteiger partial charge in [0.25, 0.3) is 5.89 Å². The Morgan fingerprint density at radius 3 is 2.22 bits per heavy atom. The van der Waals surface area contributed by atoms with Crippen LogP contribution in [-0.4, -0.2) is 30.2 Å². The molecule has 0 atom stereocenters. The SMILES string of the molecule is O=C(CS(=O)(=O)Cc1noc(-c2ccc(Cl)cc2)n1)Nc1ccc(Cl)cc1. The first kappa shape index (κ1) is 19.3. The molecule has 0 fully saturated rings. The molecule has 0 unspecified atom stereocenters. The van der Waals surface area contributed by atoms with Crippen LogP contribution in [0, 0.1) is 0 Å². The van der Waals surface area contributed by atoms with Gasteiger partial charge in [0.05, 0.1) is 0 Å². The fourth-order valence-corrected chi connectivity index (χ4v) is 3.54. The highest BCUT2D eigenvalue weighted by atomic mass is 35.5. The zero-order chi connectivity index (χ0) is 19.4. The third-order valence-electron chi connectivity index (χ3n) is 3.39. The maximum atomic E-state index is 12.2. The zero-order valence-corrected chi connectivity index (χ0v) is 16.1. The summed E-state index contributed by atoms with van der Waals surface area (Å²) in [6.45, 7) is 0. The number of rotatable bonds is 6. The second-order valence-electron chi connectivity index (χ2n) is 5.61. The third-order valence-corrected chi connectivity index (χ3v) is 5.29. The Kier molecular flexibility index (Phi) is 5.79. The quantitative estimate of drug-likeness (QED) is 0.646. The molecule has 0 aliphatic heterocycles. The second-order valence-corrected chi connectivity index (χ2v) is 8.55. The molecular weight excluding hydrogens is 413 g/mol. The maximum absolute atomic E-state index is 12.2. The van der Waals surface area contributed by atoms with Crippen LogP contribution < -0.4 is 5.32 Å². The molecule has 1 amide bonds. The van der Waals surface area contributed by atoms with Gasteiger partial charge in [-0.25, -0.2) is 8.42 Å². The lowest BCUT2D eigenvalue weighted by Gasteiger charge is -2.05. The fraction of sp³-hybridized carbons (Fsp3) is 0.118. The predicted molar refractivity (Wildman–Crippen MR) is 102 cm³/mol. The summed E-state index contributed by atoms with van der Waals surface area (Å²) in [5.74, 6) is -1.75. The summed E-state index contributed by atoms with van der Waals surface area (Å²) in [6, 6.07) is 13.0. The van der Waals surface area contributed by atoms with Crippen molar-refractivity contribution in [3.8, 4) is 11.5 Å². The number of nitrogens with zero attached hydrogens (tertiary/aromatic N) is 2. The lowest BCUT2D eigenvalue weighted by molar-refractivity contribution is -0.113. The van der Waals surface area contributed by atoms with E-state index in [9.17, 15) is 13.2 Å². The number of hydrogen-bond acceptors (Lipinski definition) is 6. The van der Waals surface area contributed by atoms with Crippen molar-refractivity contribution in [1.82, 2.24) is 10.1 Å². The number of anilines is 1. The highest BCUT2D eigenvalue weighted by molar-refractivity contribution is 7.91. The van der Waals surface area contributed by atoms with Crippen molar-refractivity contribution in [2.45, 2.75) is 5.75 Å². The van der Waals surface area contributed by atoms with E-state index >= 15 is 0 Å². The van der Waals surface area contributed by atoms with Gasteiger partial charge in [0, 0.05) is 21.3 Å². The van der Waals surface area contributed by atoms with Crippen LogP contribution in [0.3, 0.4) is 0 Å². The first-order chi connectivity index (χ1) is 12.8. The zero-order valence-electron chi connectivity index (χ0n) is 13.7. The Morgan fingerprint density at radius 1 is 1.00 bits per heavy atom. The summed E-state index contributed by atoms with van der Waals surface area (Å²) < 4.78 is 29.5. The summed E-state index contributed by atoms with van der Waals surface area (Å²) in [5.41, 5.74) is 1.06. The van der Waals surface area contributed by atoms with Crippen LogP contribution >= 0.6 is 23.2 Å². The van der Waals surface area contributed by atoms with Crippen molar-refractivity contribution >= 4 is 44.6 Å². The van der Waals surface area contributed by atoms with Crippen molar-refractivity contribution in [1.29, 1.82) is 0 Å². The molecule has 7 nitrogen and oxygen atoms in total. The topological polar surface area (TPSA) is 102 Å². The number of carbonyl (C=O) groups excluding carboxylic acids is 1. The van der Waals surface area contributed by atoms with Crippen molar-refractivity contribution < 1.29 is 17.7 Å². The second kappa shape index (κ2) is 8.08. The summed E-state index contributed by atoms with van der Waals surface area (Å²) in [4.78, 5) is 16.0. The van der Waals surface area contributed by atoms with E-state index in [-0.39, 0.29) is 11.7 Å². The maximum Gasteiger partial charge on any atom is 0.257 e. The van der Waals surface area contributed by atoms with E-state index in [0.717, 1.165) is 0 Å². The molecule has 0 aliphatic rings. The smallest absolute Gasteiger partial charge is 0.257 e. The van der Waals surface area contributed by atoms with Crippen LogP contribution in [-0.2, 0) is 20.4 Å². The van der Waals surface area contributed by atoms with E-state index in [4.69, 9.17) is 27.7 Å². The summed E-state index contributed by atoms with van der Waals surface area (Å²) in [6.07, 6.45) is 0. The van der Waals surface area contributed by atoms with Gasteiger partial charge in [-0.15, -0.1) is 0 Å². The number of halogens is 2. The average molecular weight is 426 g/mol. The first-order valence-corrected chi connectivity index (χ1v) is 10.2. The minimum absolute atomic E-state index is 0.0285.